The number of carbonyl (C=O) groups is 1. The quantitative estimate of drug-likeness (QED) is 0.680. The molecule has 7 heteroatoms. The van der Waals surface area contributed by atoms with Crippen LogP contribution in [-0.2, 0) is 9.22 Å². The highest BCUT2D eigenvalue weighted by molar-refractivity contribution is 6.73. The van der Waals surface area contributed by atoms with Gasteiger partial charge in [-0.25, -0.2) is 0 Å². The van der Waals surface area contributed by atoms with E-state index in [1.807, 2.05) is 20.8 Å². The van der Waals surface area contributed by atoms with Crippen molar-refractivity contribution in [2.45, 2.75) is 50.8 Å². The third kappa shape index (κ3) is 3.02. The number of amides is 1. The maximum absolute atomic E-state index is 14.1. The zero-order valence-electron chi connectivity index (χ0n) is 14.1. The maximum Gasteiger partial charge on any atom is 0.440 e. The van der Waals surface area contributed by atoms with Gasteiger partial charge in [0, 0.05) is 11.8 Å². The van der Waals surface area contributed by atoms with Crippen molar-refractivity contribution < 1.29 is 22.4 Å². The summed E-state index contributed by atoms with van der Waals surface area (Å²) in [5, 5.41) is 0. The molecule has 1 unspecified atom stereocenters. The molecule has 0 radical (unpaired) electrons. The van der Waals surface area contributed by atoms with Crippen LogP contribution in [0.3, 0.4) is 0 Å². The Balaban J connectivity index is 2.59. The Labute approximate surface area is 141 Å². The smallest absolute Gasteiger partial charge is 0.385 e. The van der Waals surface area contributed by atoms with Gasteiger partial charge in [0.05, 0.1) is 0 Å². The van der Waals surface area contributed by atoms with Crippen LogP contribution in [0, 0.1) is 0 Å². The summed E-state index contributed by atoms with van der Waals surface area (Å²) >= 11 is 0. The second-order valence-electron chi connectivity index (χ2n) is 5.88. The van der Waals surface area contributed by atoms with Crippen LogP contribution in [0.25, 0.3) is 0 Å². The summed E-state index contributed by atoms with van der Waals surface area (Å²) in [4.78, 5) is 13.0. The average Bonchev–Trinajstić information content (AvgIpc) is 2.91. The highest BCUT2D eigenvalue weighted by Gasteiger charge is 2.64. The van der Waals surface area contributed by atoms with Crippen molar-refractivity contribution in [3.63, 3.8) is 0 Å². The van der Waals surface area contributed by atoms with Gasteiger partial charge < -0.3 is 4.43 Å². The SMILES string of the molecule is CC[Si](CC)(CC)OC1(C(F)(F)F)C=CC(=O)N1c1ccccc1. The Bertz CT molecular complexity index is 606. The van der Waals surface area contributed by atoms with Crippen LogP contribution < -0.4 is 4.90 Å². The third-order valence-corrected chi connectivity index (χ3v) is 9.34. The molecule has 1 atom stereocenters. The summed E-state index contributed by atoms with van der Waals surface area (Å²) in [7, 11) is -2.63. The normalized spacial score (nSPS) is 21.6. The fourth-order valence-corrected chi connectivity index (χ4v) is 5.92. The van der Waals surface area contributed by atoms with E-state index in [-0.39, 0.29) is 5.69 Å². The topological polar surface area (TPSA) is 29.5 Å². The molecule has 132 valence electrons. The Hall–Kier alpha value is -1.60. The van der Waals surface area contributed by atoms with E-state index in [1.54, 1.807) is 18.2 Å². The summed E-state index contributed by atoms with van der Waals surface area (Å²) in [5.41, 5.74) is -2.55. The molecule has 0 bridgehead atoms. The van der Waals surface area contributed by atoms with Gasteiger partial charge in [-0.05, 0) is 36.3 Å². The molecule has 1 aromatic carbocycles. The van der Waals surface area contributed by atoms with Crippen molar-refractivity contribution in [1.82, 2.24) is 0 Å². The number of benzene rings is 1. The van der Waals surface area contributed by atoms with Crippen LogP contribution in [0.4, 0.5) is 18.9 Å². The van der Waals surface area contributed by atoms with Gasteiger partial charge in [-0.1, -0.05) is 39.0 Å². The number of hydrogen-bond acceptors (Lipinski definition) is 2. The molecule has 0 fully saturated rings. The predicted octanol–water partition coefficient (Wildman–Crippen LogP) is 4.87. The molecule has 24 heavy (non-hydrogen) atoms. The fraction of sp³-hybridized carbons (Fsp3) is 0.471. The number of para-hydroxylation sites is 1. The van der Waals surface area contributed by atoms with Gasteiger partial charge in [0.15, 0.2) is 8.32 Å². The molecule has 0 aromatic heterocycles. The van der Waals surface area contributed by atoms with E-state index in [2.05, 4.69) is 0 Å². The number of anilines is 1. The third-order valence-electron chi connectivity index (χ3n) is 4.73. The van der Waals surface area contributed by atoms with Crippen LogP contribution in [-0.4, -0.2) is 26.1 Å². The summed E-state index contributed by atoms with van der Waals surface area (Å²) in [5.74, 6) is -0.718. The number of halogens is 3. The second-order valence-corrected chi connectivity index (χ2v) is 10.6. The molecule has 2 rings (SSSR count). The molecule has 0 aliphatic carbocycles. The Kier molecular flexibility index (Phi) is 5.24. The Morgan fingerprint density at radius 1 is 1.08 bits per heavy atom. The highest BCUT2D eigenvalue weighted by atomic mass is 28.4. The minimum atomic E-state index is -4.73. The minimum Gasteiger partial charge on any atom is -0.385 e. The zero-order chi connectivity index (χ0) is 18.0. The molecule has 1 amide bonds. The molecular formula is C17H22F3NO2Si. The lowest BCUT2D eigenvalue weighted by molar-refractivity contribution is -0.230. The van der Waals surface area contributed by atoms with Crippen molar-refractivity contribution in [3.8, 4) is 0 Å². The van der Waals surface area contributed by atoms with Crippen LogP contribution in [0.1, 0.15) is 20.8 Å². The van der Waals surface area contributed by atoms with Crippen LogP contribution in [0.5, 0.6) is 0 Å². The molecule has 1 aromatic rings. The first-order valence-corrected chi connectivity index (χ1v) is 10.6. The Morgan fingerprint density at radius 3 is 2.08 bits per heavy atom. The number of alkyl halides is 3. The van der Waals surface area contributed by atoms with E-state index in [0.29, 0.717) is 18.1 Å². The summed E-state index contributed by atoms with van der Waals surface area (Å²) in [6.45, 7) is 5.57. The van der Waals surface area contributed by atoms with E-state index in [9.17, 15) is 18.0 Å². The van der Waals surface area contributed by atoms with E-state index in [1.165, 1.54) is 12.1 Å². The van der Waals surface area contributed by atoms with Crippen molar-refractivity contribution in [2.75, 3.05) is 4.90 Å². The molecule has 1 aliphatic heterocycles. The Morgan fingerprint density at radius 2 is 1.62 bits per heavy atom. The number of nitrogens with zero attached hydrogens (tertiary/aromatic N) is 1. The lowest BCUT2D eigenvalue weighted by Crippen LogP contribution is -2.63. The van der Waals surface area contributed by atoms with Crippen LogP contribution in [0.2, 0.25) is 18.1 Å². The molecular weight excluding hydrogens is 335 g/mol. The van der Waals surface area contributed by atoms with Gasteiger partial charge in [0.1, 0.15) is 0 Å². The molecule has 0 saturated carbocycles. The summed E-state index contributed by atoms with van der Waals surface area (Å²) in [6, 6.07) is 9.55. The maximum atomic E-state index is 14.1. The summed E-state index contributed by atoms with van der Waals surface area (Å²) < 4.78 is 48.2. The molecule has 0 spiro atoms. The van der Waals surface area contributed by atoms with Gasteiger partial charge in [-0.15, -0.1) is 0 Å². The van der Waals surface area contributed by atoms with Crippen molar-refractivity contribution in [1.29, 1.82) is 0 Å². The van der Waals surface area contributed by atoms with Gasteiger partial charge >= 0.3 is 6.18 Å². The van der Waals surface area contributed by atoms with Gasteiger partial charge in [0.2, 0.25) is 0 Å². The first kappa shape index (κ1) is 18.7. The van der Waals surface area contributed by atoms with Crippen LogP contribution >= 0.6 is 0 Å². The van der Waals surface area contributed by atoms with E-state index < -0.39 is 26.1 Å². The van der Waals surface area contributed by atoms with E-state index in [0.717, 1.165) is 17.1 Å². The van der Waals surface area contributed by atoms with Crippen LogP contribution in [0.15, 0.2) is 42.5 Å². The predicted molar refractivity (Wildman–Crippen MR) is 90.1 cm³/mol. The summed E-state index contributed by atoms with van der Waals surface area (Å²) in [6.07, 6.45) is -2.91. The molecule has 3 nitrogen and oxygen atoms in total. The second kappa shape index (κ2) is 6.72. The standard InChI is InChI=1S/C17H22F3NO2Si/c1-4-24(5-2,6-3)23-16(17(18,19)20)13-12-15(22)21(16)14-10-8-7-9-11-14/h7-13H,4-6H2,1-3H3. The molecule has 0 saturated heterocycles. The monoisotopic (exact) mass is 357 g/mol. The number of rotatable bonds is 6. The lowest BCUT2D eigenvalue weighted by Gasteiger charge is -2.45. The van der Waals surface area contributed by atoms with Gasteiger partial charge in [-0.2, -0.15) is 13.2 Å². The average molecular weight is 357 g/mol. The van der Waals surface area contributed by atoms with E-state index >= 15 is 0 Å². The first-order chi connectivity index (χ1) is 11.3. The van der Waals surface area contributed by atoms with Crippen molar-refractivity contribution >= 4 is 19.9 Å². The lowest BCUT2D eigenvalue weighted by atomic mass is 10.2. The highest BCUT2D eigenvalue weighted by Crippen LogP contribution is 2.46. The molecule has 0 N–H and O–H groups in total. The first-order valence-electron chi connectivity index (χ1n) is 8.10. The largest absolute Gasteiger partial charge is 0.440 e. The van der Waals surface area contributed by atoms with E-state index in [4.69, 9.17) is 4.43 Å². The minimum absolute atomic E-state index is 0.177. The number of hydrogen-bond donors (Lipinski definition) is 0. The van der Waals surface area contributed by atoms with Crippen molar-refractivity contribution in [2.24, 2.45) is 0 Å². The fourth-order valence-electron chi connectivity index (χ4n) is 3.05. The van der Waals surface area contributed by atoms with Gasteiger partial charge in [-0.3, -0.25) is 9.69 Å². The van der Waals surface area contributed by atoms with Gasteiger partial charge in [0.25, 0.3) is 11.6 Å². The molecule has 1 heterocycles. The zero-order valence-corrected chi connectivity index (χ0v) is 15.1. The van der Waals surface area contributed by atoms with Crippen molar-refractivity contribution in [3.05, 3.63) is 42.5 Å². The molecule has 1 aliphatic rings. The number of carbonyl (C=O) groups excluding carboxylic acids is 1.